The molecule has 3 rings (SSSR count). The largest absolute Gasteiger partial charge is 0.479 e. The fourth-order valence-electron chi connectivity index (χ4n) is 2.16. The van der Waals surface area contributed by atoms with Crippen LogP contribution in [0.3, 0.4) is 0 Å². The van der Waals surface area contributed by atoms with Crippen LogP contribution in [0.15, 0.2) is 54.6 Å². The molecular formula is C16H14N2O2S. The van der Waals surface area contributed by atoms with Gasteiger partial charge in [0.15, 0.2) is 10.7 Å². The molecule has 1 unspecified atom stereocenters. The van der Waals surface area contributed by atoms with Crippen LogP contribution in [0, 0.1) is 0 Å². The van der Waals surface area contributed by atoms with E-state index < -0.39 is 11.5 Å². The van der Waals surface area contributed by atoms with E-state index in [9.17, 15) is 9.90 Å². The van der Waals surface area contributed by atoms with Crippen LogP contribution in [0.25, 0.3) is 10.2 Å². The Morgan fingerprint density at radius 3 is 2.48 bits per heavy atom. The van der Waals surface area contributed by atoms with Crippen LogP contribution in [-0.2, 0) is 10.3 Å². The van der Waals surface area contributed by atoms with Crippen LogP contribution in [0.1, 0.15) is 12.5 Å². The smallest absolute Gasteiger partial charge is 0.333 e. The lowest BCUT2D eigenvalue weighted by atomic mass is 9.92. The van der Waals surface area contributed by atoms with Gasteiger partial charge in [0.05, 0.1) is 10.2 Å². The SMILES string of the molecule is CC(Nc1nc2ccccc2s1)(C(=O)O)c1ccccc1. The highest BCUT2D eigenvalue weighted by molar-refractivity contribution is 7.22. The molecule has 3 aromatic rings. The number of carboxylic acids is 1. The first-order chi connectivity index (χ1) is 10.1. The molecule has 0 bridgehead atoms. The lowest BCUT2D eigenvalue weighted by molar-refractivity contribution is -0.142. The molecule has 0 aliphatic rings. The fraction of sp³-hybridized carbons (Fsp3) is 0.125. The van der Waals surface area contributed by atoms with Crippen LogP contribution in [0.5, 0.6) is 0 Å². The number of fused-ring (bicyclic) bond motifs is 1. The number of hydrogen-bond donors (Lipinski definition) is 2. The zero-order valence-corrected chi connectivity index (χ0v) is 12.2. The Bertz CT molecular complexity index is 752. The number of thiazole rings is 1. The minimum absolute atomic E-state index is 0.602. The standard InChI is InChI=1S/C16H14N2O2S/c1-16(14(19)20,11-7-3-2-4-8-11)18-15-17-12-9-5-6-10-13(12)21-15/h2-10H,1H3,(H,17,18)(H,19,20). The summed E-state index contributed by atoms with van der Waals surface area (Å²) in [7, 11) is 0. The Labute approximate surface area is 126 Å². The van der Waals surface area contributed by atoms with Crippen molar-refractivity contribution in [2.24, 2.45) is 0 Å². The predicted molar refractivity (Wildman–Crippen MR) is 84.7 cm³/mol. The van der Waals surface area contributed by atoms with E-state index in [1.54, 1.807) is 19.1 Å². The van der Waals surface area contributed by atoms with Crippen LogP contribution in [0.4, 0.5) is 5.13 Å². The van der Waals surface area contributed by atoms with E-state index in [1.807, 2.05) is 42.5 Å². The number of nitrogens with zero attached hydrogens (tertiary/aromatic N) is 1. The minimum Gasteiger partial charge on any atom is -0.479 e. The topological polar surface area (TPSA) is 62.2 Å². The number of rotatable bonds is 4. The molecule has 1 heterocycles. The Morgan fingerprint density at radius 1 is 1.14 bits per heavy atom. The second-order valence-corrected chi connectivity index (χ2v) is 5.94. The normalized spacial score (nSPS) is 13.8. The number of aliphatic carboxylic acids is 1. The average molecular weight is 298 g/mol. The fourth-order valence-corrected chi connectivity index (χ4v) is 3.13. The van der Waals surface area contributed by atoms with E-state index in [-0.39, 0.29) is 0 Å². The van der Waals surface area contributed by atoms with E-state index in [1.165, 1.54) is 11.3 Å². The Morgan fingerprint density at radius 2 is 1.81 bits per heavy atom. The summed E-state index contributed by atoms with van der Waals surface area (Å²) in [6.45, 7) is 1.65. The third-order valence-corrected chi connectivity index (χ3v) is 4.38. The predicted octanol–water partition coefficient (Wildman–Crippen LogP) is 3.71. The Balaban J connectivity index is 2.01. The van der Waals surface area contributed by atoms with Crippen molar-refractivity contribution in [2.45, 2.75) is 12.5 Å². The molecule has 106 valence electrons. The second kappa shape index (κ2) is 5.18. The third-order valence-electron chi connectivity index (χ3n) is 3.43. The monoisotopic (exact) mass is 298 g/mol. The van der Waals surface area contributed by atoms with Crippen molar-refractivity contribution in [3.05, 3.63) is 60.2 Å². The Kier molecular flexibility index (Phi) is 3.35. The van der Waals surface area contributed by atoms with E-state index in [0.717, 1.165) is 10.2 Å². The zero-order valence-electron chi connectivity index (χ0n) is 11.4. The van der Waals surface area contributed by atoms with E-state index in [0.29, 0.717) is 10.7 Å². The van der Waals surface area contributed by atoms with Gasteiger partial charge in [0, 0.05) is 0 Å². The number of nitrogens with one attached hydrogen (secondary N) is 1. The molecule has 1 aromatic heterocycles. The van der Waals surface area contributed by atoms with Gasteiger partial charge in [-0.05, 0) is 24.6 Å². The van der Waals surface area contributed by atoms with Gasteiger partial charge < -0.3 is 10.4 Å². The van der Waals surface area contributed by atoms with E-state index in [2.05, 4.69) is 10.3 Å². The molecule has 0 spiro atoms. The molecule has 21 heavy (non-hydrogen) atoms. The first-order valence-corrected chi connectivity index (χ1v) is 7.34. The van der Waals surface area contributed by atoms with Gasteiger partial charge in [-0.2, -0.15) is 0 Å². The van der Waals surface area contributed by atoms with Crippen LogP contribution >= 0.6 is 11.3 Å². The molecular weight excluding hydrogens is 284 g/mol. The first kappa shape index (κ1) is 13.6. The van der Waals surface area contributed by atoms with Crippen molar-refractivity contribution in [1.82, 2.24) is 4.98 Å². The molecule has 5 heteroatoms. The molecule has 0 fully saturated rings. The molecule has 0 radical (unpaired) electrons. The highest BCUT2D eigenvalue weighted by atomic mass is 32.1. The molecule has 0 aliphatic heterocycles. The molecule has 1 atom stereocenters. The quantitative estimate of drug-likeness (QED) is 0.771. The molecule has 0 amide bonds. The van der Waals surface area contributed by atoms with Gasteiger partial charge in [0.1, 0.15) is 0 Å². The maximum Gasteiger partial charge on any atom is 0.333 e. The summed E-state index contributed by atoms with van der Waals surface area (Å²) >= 11 is 1.45. The van der Waals surface area contributed by atoms with Crippen molar-refractivity contribution in [2.75, 3.05) is 5.32 Å². The van der Waals surface area contributed by atoms with Gasteiger partial charge in [0.25, 0.3) is 0 Å². The van der Waals surface area contributed by atoms with Crippen molar-refractivity contribution < 1.29 is 9.90 Å². The number of aromatic nitrogens is 1. The summed E-state index contributed by atoms with van der Waals surface area (Å²) in [5, 5.41) is 13.3. The summed E-state index contributed by atoms with van der Waals surface area (Å²) in [5.41, 5.74) is 0.345. The summed E-state index contributed by atoms with van der Waals surface area (Å²) in [6, 6.07) is 16.9. The molecule has 0 aliphatic carbocycles. The summed E-state index contributed by atoms with van der Waals surface area (Å²) in [5.74, 6) is -0.937. The number of para-hydroxylation sites is 1. The van der Waals surface area contributed by atoms with Crippen molar-refractivity contribution in [1.29, 1.82) is 0 Å². The third kappa shape index (κ3) is 2.48. The first-order valence-electron chi connectivity index (χ1n) is 6.52. The molecule has 2 N–H and O–H groups in total. The maximum absolute atomic E-state index is 11.8. The summed E-state index contributed by atoms with van der Waals surface area (Å²) in [6.07, 6.45) is 0. The number of hydrogen-bond acceptors (Lipinski definition) is 4. The lowest BCUT2D eigenvalue weighted by Gasteiger charge is -2.26. The molecule has 4 nitrogen and oxygen atoms in total. The second-order valence-electron chi connectivity index (χ2n) is 4.91. The van der Waals surface area contributed by atoms with E-state index in [4.69, 9.17) is 0 Å². The van der Waals surface area contributed by atoms with Gasteiger partial charge in [-0.25, -0.2) is 9.78 Å². The van der Waals surface area contributed by atoms with E-state index >= 15 is 0 Å². The summed E-state index contributed by atoms with van der Waals surface area (Å²) in [4.78, 5) is 16.2. The number of carbonyl (C=O) groups is 1. The van der Waals surface area contributed by atoms with Gasteiger partial charge >= 0.3 is 5.97 Å². The number of carboxylic acid groups (broad SMARTS) is 1. The maximum atomic E-state index is 11.8. The average Bonchev–Trinajstić information content (AvgIpc) is 2.89. The van der Waals surface area contributed by atoms with Crippen LogP contribution in [0.2, 0.25) is 0 Å². The molecule has 2 aromatic carbocycles. The van der Waals surface area contributed by atoms with Gasteiger partial charge in [0.2, 0.25) is 0 Å². The highest BCUT2D eigenvalue weighted by Gasteiger charge is 2.35. The molecule has 0 saturated heterocycles. The minimum atomic E-state index is -1.21. The zero-order chi connectivity index (χ0) is 14.9. The molecule has 0 saturated carbocycles. The van der Waals surface area contributed by atoms with Crippen molar-refractivity contribution in [3.8, 4) is 0 Å². The summed E-state index contributed by atoms with van der Waals surface area (Å²) < 4.78 is 1.03. The van der Waals surface area contributed by atoms with Crippen LogP contribution in [-0.4, -0.2) is 16.1 Å². The lowest BCUT2D eigenvalue weighted by Crippen LogP contribution is -2.40. The van der Waals surface area contributed by atoms with Gasteiger partial charge in [-0.3, -0.25) is 0 Å². The van der Waals surface area contributed by atoms with Crippen LogP contribution < -0.4 is 5.32 Å². The van der Waals surface area contributed by atoms with Gasteiger partial charge in [-0.1, -0.05) is 53.8 Å². The number of benzene rings is 2. The highest BCUT2D eigenvalue weighted by Crippen LogP contribution is 2.31. The van der Waals surface area contributed by atoms with Gasteiger partial charge in [-0.15, -0.1) is 0 Å². The van der Waals surface area contributed by atoms with Crippen molar-refractivity contribution in [3.63, 3.8) is 0 Å². The van der Waals surface area contributed by atoms with Crippen molar-refractivity contribution >= 4 is 32.7 Å². The number of anilines is 1. The Hall–Kier alpha value is -2.40.